The van der Waals surface area contributed by atoms with Gasteiger partial charge in [-0.25, -0.2) is 8.78 Å². The second kappa shape index (κ2) is 8.08. The summed E-state index contributed by atoms with van der Waals surface area (Å²) >= 11 is 1.25. The summed E-state index contributed by atoms with van der Waals surface area (Å²) in [6.07, 6.45) is 1.52. The third-order valence-corrected chi connectivity index (χ3v) is 5.75. The molecule has 1 aliphatic carbocycles. The molecule has 2 N–H and O–H groups in total. The van der Waals surface area contributed by atoms with E-state index in [-0.39, 0.29) is 11.3 Å². The highest BCUT2D eigenvalue weighted by atomic mass is 32.2. The molecule has 27 heavy (non-hydrogen) atoms. The number of nitrogens with one attached hydrogen (secondary N) is 1. The predicted molar refractivity (Wildman–Crippen MR) is 101 cm³/mol. The van der Waals surface area contributed by atoms with Crippen molar-refractivity contribution < 1.29 is 23.5 Å². The predicted octanol–water partition coefficient (Wildman–Crippen LogP) is 4.34. The Morgan fingerprint density at radius 3 is 2.37 bits per heavy atom. The fourth-order valence-corrected chi connectivity index (χ4v) is 4.01. The minimum absolute atomic E-state index is 0.00768. The molecular weight excluding hydrogens is 372 g/mol. The maximum Gasteiger partial charge on any atom is 0.313 e. The number of benzene rings is 2. The van der Waals surface area contributed by atoms with Crippen LogP contribution in [0.2, 0.25) is 0 Å². The van der Waals surface area contributed by atoms with Crippen molar-refractivity contribution in [2.75, 3.05) is 11.1 Å². The highest BCUT2D eigenvalue weighted by Crippen LogP contribution is 2.46. The van der Waals surface area contributed by atoms with Crippen molar-refractivity contribution in [1.29, 1.82) is 0 Å². The van der Waals surface area contributed by atoms with Gasteiger partial charge >= 0.3 is 5.97 Å². The summed E-state index contributed by atoms with van der Waals surface area (Å²) in [6.45, 7) is 0. The largest absolute Gasteiger partial charge is 0.481 e. The zero-order valence-corrected chi connectivity index (χ0v) is 15.3. The summed E-state index contributed by atoms with van der Waals surface area (Å²) in [4.78, 5) is 23.5. The van der Waals surface area contributed by atoms with Crippen LogP contribution >= 0.6 is 11.8 Å². The molecule has 3 rings (SSSR count). The third kappa shape index (κ3) is 4.13. The molecule has 0 heterocycles. The summed E-state index contributed by atoms with van der Waals surface area (Å²) in [5.74, 6) is -2.24. The van der Waals surface area contributed by atoms with Crippen LogP contribution in [0.4, 0.5) is 14.5 Å². The van der Waals surface area contributed by atoms with Crippen molar-refractivity contribution in [2.45, 2.75) is 30.4 Å². The lowest BCUT2D eigenvalue weighted by Gasteiger charge is -2.40. The van der Waals surface area contributed by atoms with E-state index in [0.717, 1.165) is 12.0 Å². The molecule has 0 spiro atoms. The van der Waals surface area contributed by atoms with Crippen molar-refractivity contribution in [3.8, 4) is 0 Å². The molecule has 2 aromatic rings. The number of thioether (sulfide) groups is 1. The highest BCUT2D eigenvalue weighted by molar-refractivity contribution is 7.99. The molecule has 0 aromatic heterocycles. The van der Waals surface area contributed by atoms with Crippen LogP contribution in [-0.4, -0.2) is 22.7 Å². The van der Waals surface area contributed by atoms with Crippen LogP contribution in [0.3, 0.4) is 0 Å². The molecular formula is C20H19F2NO3S. The van der Waals surface area contributed by atoms with E-state index in [0.29, 0.717) is 24.3 Å². The Kier molecular flexibility index (Phi) is 5.79. The number of carboxylic acids is 1. The van der Waals surface area contributed by atoms with Gasteiger partial charge in [-0.3, -0.25) is 9.59 Å². The lowest BCUT2D eigenvalue weighted by molar-refractivity contribution is -0.134. The van der Waals surface area contributed by atoms with Crippen LogP contribution in [0.5, 0.6) is 0 Å². The van der Waals surface area contributed by atoms with E-state index in [9.17, 15) is 18.4 Å². The fraction of sp³-hybridized carbons (Fsp3) is 0.300. The summed E-state index contributed by atoms with van der Waals surface area (Å²) in [7, 11) is 0. The van der Waals surface area contributed by atoms with Gasteiger partial charge in [-0.15, -0.1) is 11.8 Å². The number of carbonyl (C=O) groups is 2. The Morgan fingerprint density at radius 1 is 1.11 bits per heavy atom. The maximum absolute atomic E-state index is 14.3. The van der Waals surface area contributed by atoms with Crippen molar-refractivity contribution in [3.63, 3.8) is 0 Å². The van der Waals surface area contributed by atoms with E-state index in [1.165, 1.54) is 30.0 Å². The van der Waals surface area contributed by atoms with Crippen molar-refractivity contribution >= 4 is 29.3 Å². The molecule has 0 bridgehead atoms. The fourth-order valence-electron chi connectivity index (χ4n) is 3.32. The molecule has 0 unspecified atom stereocenters. The van der Waals surface area contributed by atoms with Gasteiger partial charge in [-0.05, 0) is 42.7 Å². The Balaban J connectivity index is 1.77. The average Bonchev–Trinajstić information content (AvgIpc) is 2.56. The molecule has 1 aliphatic rings. The number of aliphatic carboxylic acids is 1. The van der Waals surface area contributed by atoms with E-state index >= 15 is 0 Å². The van der Waals surface area contributed by atoms with Gasteiger partial charge in [0.05, 0.1) is 11.2 Å². The molecule has 0 radical (unpaired) electrons. The van der Waals surface area contributed by atoms with Gasteiger partial charge in [0.15, 0.2) is 0 Å². The lowest BCUT2D eigenvalue weighted by Crippen LogP contribution is -2.47. The first-order valence-corrected chi connectivity index (χ1v) is 9.72. The third-order valence-electron chi connectivity index (χ3n) is 4.76. The SMILES string of the molecule is O=C(O)CSCc1cccc(NC(=O)C2(c3c(F)cccc3F)CCC2)c1. The lowest BCUT2D eigenvalue weighted by atomic mass is 9.63. The number of hydrogen-bond acceptors (Lipinski definition) is 3. The van der Waals surface area contributed by atoms with Gasteiger partial charge in [0.25, 0.3) is 0 Å². The van der Waals surface area contributed by atoms with Gasteiger partial charge in [-0.1, -0.05) is 24.6 Å². The second-order valence-corrected chi connectivity index (χ2v) is 7.56. The number of halogens is 2. The summed E-state index contributed by atoms with van der Waals surface area (Å²) < 4.78 is 28.5. The molecule has 1 amide bonds. The zero-order chi connectivity index (χ0) is 19.4. The van der Waals surface area contributed by atoms with Crippen molar-refractivity contribution in [1.82, 2.24) is 0 Å². The number of anilines is 1. The van der Waals surface area contributed by atoms with Gasteiger partial charge in [0.2, 0.25) is 5.91 Å². The van der Waals surface area contributed by atoms with Crippen LogP contribution in [-0.2, 0) is 20.8 Å². The van der Waals surface area contributed by atoms with Crippen molar-refractivity contribution in [2.24, 2.45) is 0 Å². The second-order valence-electron chi connectivity index (χ2n) is 6.57. The molecule has 142 valence electrons. The van der Waals surface area contributed by atoms with E-state index in [1.54, 1.807) is 18.2 Å². The highest BCUT2D eigenvalue weighted by Gasteiger charge is 2.49. The first-order chi connectivity index (χ1) is 12.9. The Morgan fingerprint density at radius 2 is 1.78 bits per heavy atom. The number of rotatable bonds is 7. The Labute approximate surface area is 160 Å². The maximum atomic E-state index is 14.3. The monoisotopic (exact) mass is 391 g/mol. The minimum atomic E-state index is -1.19. The number of carboxylic acid groups (broad SMARTS) is 1. The first-order valence-electron chi connectivity index (χ1n) is 8.57. The standard InChI is InChI=1S/C20H19F2NO3S/c21-15-6-2-7-16(22)18(15)20(8-3-9-20)19(26)23-14-5-1-4-13(10-14)11-27-12-17(24)25/h1-2,4-7,10H,3,8-9,11-12H2,(H,23,26)(H,24,25). The van der Waals surface area contributed by atoms with Gasteiger partial charge < -0.3 is 10.4 Å². The molecule has 1 fully saturated rings. The van der Waals surface area contributed by atoms with Crippen LogP contribution in [0.15, 0.2) is 42.5 Å². The Hall–Kier alpha value is -2.41. The van der Waals surface area contributed by atoms with Gasteiger partial charge in [-0.2, -0.15) is 0 Å². The Bertz CT molecular complexity index is 848. The van der Waals surface area contributed by atoms with Crippen LogP contribution in [0.1, 0.15) is 30.4 Å². The first kappa shape index (κ1) is 19.4. The zero-order valence-electron chi connectivity index (χ0n) is 14.5. The quantitative estimate of drug-likeness (QED) is 0.737. The number of amides is 1. The van der Waals surface area contributed by atoms with E-state index in [4.69, 9.17) is 5.11 Å². The normalized spacial score (nSPS) is 15.0. The average molecular weight is 391 g/mol. The summed E-state index contributed by atoms with van der Waals surface area (Å²) in [6, 6.07) is 10.7. The van der Waals surface area contributed by atoms with Gasteiger partial charge in [0.1, 0.15) is 11.6 Å². The number of hydrogen-bond donors (Lipinski definition) is 2. The van der Waals surface area contributed by atoms with Crippen LogP contribution < -0.4 is 5.32 Å². The van der Waals surface area contributed by atoms with Crippen molar-refractivity contribution in [3.05, 3.63) is 65.2 Å². The molecule has 0 aliphatic heterocycles. The molecule has 2 aromatic carbocycles. The van der Waals surface area contributed by atoms with Crippen LogP contribution in [0, 0.1) is 11.6 Å². The smallest absolute Gasteiger partial charge is 0.313 e. The van der Waals surface area contributed by atoms with Gasteiger partial charge in [0, 0.05) is 17.0 Å². The molecule has 1 saturated carbocycles. The van der Waals surface area contributed by atoms with E-state index in [1.807, 2.05) is 6.07 Å². The minimum Gasteiger partial charge on any atom is -0.481 e. The molecule has 7 heteroatoms. The number of carbonyl (C=O) groups excluding carboxylic acids is 1. The molecule has 4 nitrogen and oxygen atoms in total. The summed E-state index contributed by atoms with van der Waals surface area (Å²) in [5.41, 5.74) is 0.0286. The van der Waals surface area contributed by atoms with E-state index < -0.39 is 28.9 Å². The topological polar surface area (TPSA) is 66.4 Å². The molecule has 0 atom stereocenters. The summed E-state index contributed by atoms with van der Waals surface area (Å²) in [5, 5.41) is 11.5. The van der Waals surface area contributed by atoms with E-state index in [2.05, 4.69) is 5.32 Å². The molecule has 0 saturated heterocycles. The van der Waals surface area contributed by atoms with Crippen LogP contribution in [0.25, 0.3) is 0 Å².